The van der Waals surface area contributed by atoms with Crippen molar-refractivity contribution in [2.75, 3.05) is 0 Å². The normalized spacial score (nSPS) is 26.6. The van der Waals surface area contributed by atoms with Gasteiger partial charge in [0.05, 0.1) is 5.41 Å². The number of nitrogens with one attached hydrogen (secondary N) is 1. The van der Waals surface area contributed by atoms with Crippen LogP contribution in [0.1, 0.15) is 70.3 Å². The average Bonchev–Trinajstić information content (AvgIpc) is 3.48. The van der Waals surface area contributed by atoms with Gasteiger partial charge in [0.1, 0.15) is 5.78 Å². The molecule has 1 aromatic rings. The first kappa shape index (κ1) is 21.1. The Balaban J connectivity index is 1.28. The highest BCUT2D eigenvalue weighted by molar-refractivity contribution is 5.94. The summed E-state index contributed by atoms with van der Waals surface area (Å²) in [5.41, 5.74) is 2.38. The Hall–Kier alpha value is -2.16. The number of benzene rings is 1. The zero-order valence-corrected chi connectivity index (χ0v) is 18.2. The molecule has 30 heavy (non-hydrogen) atoms. The van der Waals surface area contributed by atoms with E-state index in [0.29, 0.717) is 36.5 Å². The average molecular weight is 406 g/mol. The van der Waals surface area contributed by atoms with Gasteiger partial charge in [0.25, 0.3) is 0 Å². The molecule has 0 heterocycles. The largest absolute Gasteiger partial charge is 0.353 e. The molecule has 3 heteroatoms. The number of Topliss-reactive ketones (excluding diaryl/α,β-unsaturated/α-hetero) is 1. The molecule has 0 aliphatic heterocycles. The van der Waals surface area contributed by atoms with Gasteiger partial charge in [0.15, 0.2) is 0 Å². The summed E-state index contributed by atoms with van der Waals surface area (Å²) in [5, 5.41) is 3.07. The van der Waals surface area contributed by atoms with Gasteiger partial charge in [-0.15, -0.1) is 0 Å². The number of amides is 1. The van der Waals surface area contributed by atoms with Crippen molar-refractivity contribution < 1.29 is 9.59 Å². The van der Waals surface area contributed by atoms with Crippen molar-refractivity contribution >= 4 is 11.7 Å². The second-order valence-corrected chi connectivity index (χ2v) is 9.59. The fraction of sp³-hybridized carbons (Fsp3) is 0.556. The molecule has 3 atom stereocenters. The van der Waals surface area contributed by atoms with Crippen LogP contribution in [-0.4, -0.2) is 17.7 Å². The second-order valence-electron chi connectivity index (χ2n) is 9.59. The lowest BCUT2D eigenvalue weighted by molar-refractivity contribution is -0.133. The highest BCUT2D eigenvalue weighted by atomic mass is 16.1. The summed E-state index contributed by atoms with van der Waals surface area (Å²) in [6.45, 7) is 2.26. The van der Waals surface area contributed by atoms with E-state index in [2.05, 4.69) is 60.8 Å². The molecule has 2 fully saturated rings. The second kappa shape index (κ2) is 9.32. The first-order valence-corrected chi connectivity index (χ1v) is 11.8. The Morgan fingerprint density at radius 2 is 2.03 bits per heavy atom. The lowest BCUT2D eigenvalue weighted by Gasteiger charge is -2.47. The number of allylic oxidation sites excluding steroid dienone is 4. The molecule has 0 radical (unpaired) electrons. The van der Waals surface area contributed by atoms with E-state index in [4.69, 9.17) is 0 Å². The first-order chi connectivity index (χ1) is 14.6. The van der Waals surface area contributed by atoms with Gasteiger partial charge in [-0.3, -0.25) is 9.59 Å². The molecule has 160 valence electrons. The Labute approximate surface area is 181 Å². The molecule has 0 saturated heterocycles. The lowest BCUT2D eigenvalue weighted by Crippen LogP contribution is -2.45. The van der Waals surface area contributed by atoms with Gasteiger partial charge < -0.3 is 5.32 Å². The minimum atomic E-state index is -0.247. The Bertz CT molecular complexity index is 821. The zero-order valence-electron chi connectivity index (χ0n) is 18.2. The van der Waals surface area contributed by atoms with Gasteiger partial charge in [-0.2, -0.15) is 0 Å². The van der Waals surface area contributed by atoms with Crippen molar-refractivity contribution in [3.63, 3.8) is 0 Å². The summed E-state index contributed by atoms with van der Waals surface area (Å²) in [6.07, 6.45) is 16.3. The van der Waals surface area contributed by atoms with E-state index >= 15 is 0 Å². The smallest absolute Gasteiger partial charge is 0.220 e. The molecular formula is C27H35NO2. The molecular weight excluding hydrogens is 370 g/mol. The highest BCUT2D eigenvalue weighted by Crippen LogP contribution is 2.58. The van der Waals surface area contributed by atoms with Crippen LogP contribution in [0.25, 0.3) is 0 Å². The molecule has 0 bridgehead atoms. The van der Waals surface area contributed by atoms with Crippen LogP contribution >= 0.6 is 0 Å². The molecule has 3 nitrogen and oxygen atoms in total. The van der Waals surface area contributed by atoms with Crippen LogP contribution in [0.15, 0.2) is 54.1 Å². The maximum absolute atomic E-state index is 12.8. The highest BCUT2D eigenvalue weighted by Gasteiger charge is 2.55. The lowest BCUT2D eigenvalue weighted by atomic mass is 9.54. The molecule has 1 spiro atoms. The summed E-state index contributed by atoms with van der Waals surface area (Å²) in [6, 6.07) is 11.1. The number of aryl methyl sites for hydroxylation is 1. The third kappa shape index (κ3) is 4.77. The molecule has 3 aliphatic rings. The molecule has 1 amide bonds. The van der Waals surface area contributed by atoms with Crippen molar-refractivity contribution in [1.82, 2.24) is 5.32 Å². The van der Waals surface area contributed by atoms with Crippen LogP contribution in [-0.2, 0) is 16.0 Å². The summed E-state index contributed by atoms with van der Waals surface area (Å²) < 4.78 is 0. The van der Waals surface area contributed by atoms with Crippen LogP contribution in [0.3, 0.4) is 0 Å². The fourth-order valence-electron chi connectivity index (χ4n) is 5.16. The zero-order chi connectivity index (χ0) is 21.0. The van der Waals surface area contributed by atoms with E-state index in [1.807, 2.05) is 0 Å². The van der Waals surface area contributed by atoms with Crippen LogP contribution in [0, 0.1) is 17.3 Å². The number of carbonyl (C=O) groups excluding carboxylic acids is 2. The van der Waals surface area contributed by atoms with E-state index in [1.165, 1.54) is 11.1 Å². The van der Waals surface area contributed by atoms with Gasteiger partial charge in [0, 0.05) is 18.9 Å². The Kier molecular flexibility index (Phi) is 6.55. The maximum Gasteiger partial charge on any atom is 0.220 e. The van der Waals surface area contributed by atoms with E-state index in [9.17, 15) is 9.59 Å². The molecule has 1 aromatic carbocycles. The summed E-state index contributed by atoms with van der Waals surface area (Å²) in [7, 11) is 0. The monoisotopic (exact) mass is 405 g/mol. The van der Waals surface area contributed by atoms with Crippen molar-refractivity contribution in [2.24, 2.45) is 17.3 Å². The Morgan fingerprint density at radius 3 is 2.73 bits per heavy atom. The standard InChI is InChI=1S/C27H35NO2/c1-20(10-12-21-6-3-2-4-7-21)11-13-23-14-17-25(29)27(23)19-18-22(27)8-5-9-26(30)28-24-15-16-24/h2-4,6-7,11,13-14,20,22,24H,5,8-10,12,15-19H2,1H3,(H,28,30)/b13-11+/t20-,22?,27-/m0/s1. The third-order valence-electron chi connectivity index (χ3n) is 7.34. The fourth-order valence-corrected chi connectivity index (χ4v) is 5.16. The van der Waals surface area contributed by atoms with Crippen molar-refractivity contribution in [3.05, 3.63) is 59.7 Å². The summed E-state index contributed by atoms with van der Waals surface area (Å²) in [4.78, 5) is 24.8. The van der Waals surface area contributed by atoms with Gasteiger partial charge in [-0.05, 0) is 74.3 Å². The molecule has 0 aromatic heterocycles. The number of rotatable bonds is 10. The maximum atomic E-state index is 12.8. The molecule has 3 aliphatic carbocycles. The predicted octanol–water partition coefficient (Wildman–Crippen LogP) is 5.56. The quantitative estimate of drug-likeness (QED) is 0.554. The molecule has 1 unspecified atom stereocenters. The predicted molar refractivity (Wildman–Crippen MR) is 121 cm³/mol. The van der Waals surface area contributed by atoms with Gasteiger partial charge in [-0.1, -0.05) is 55.5 Å². The number of hydrogen-bond acceptors (Lipinski definition) is 2. The number of ketones is 1. The van der Waals surface area contributed by atoms with E-state index in [-0.39, 0.29) is 11.3 Å². The molecule has 1 N–H and O–H groups in total. The van der Waals surface area contributed by atoms with Crippen LogP contribution in [0.2, 0.25) is 0 Å². The van der Waals surface area contributed by atoms with Crippen LogP contribution in [0.5, 0.6) is 0 Å². The van der Waals surface area contributed by atoms with Crippen molar-refractivity contribution in [1.29, 1.82) is 0 Å². The van der Waals surface area contributed by atoms with Gasteiger partial charge >= 0.3 is 0 Å². The minimum absolute atomic E-state index is 0.187. The van der Waals surface area contributed by atoms with Crippen LogP contribution in [0.4, 0.5) is 0 Å². The van der Waals surface area contributed by atoms with E-state index < -0.39 is 0 Å². The van der Waals surface area contributed by atoms with E-state index in [0.717, 1.165) is 51.4 Å². The molecule has 2 saturated carbocycles. The SMILES string of the molecule is C[C@H](/C=C/C1=CCC(=O)[C@]12CCC2CCCC(=O)NC1CC1)CCc1ccccc1. The first-order valence-electron chi connectivity index (χ1n) is 11.8. The topological polar surface area (TPSA) is 46.2 Å². The Morgan fingerprint density at radius 1 is 1.23 bits per heavy atom. The van der Waals surface area contributed by atoms with Crippen molar-refractivity contribution in [2.45, 2.75) is 77.2 Å². The van der Waals surface area contributed by atoms with Crippen molar-refractivity contribution in [3.8, 4) is 0 Å². The van der Waals surface area contributed by atoms with Gasteiger partial charge in [-0.25, -0.2) is 0 Å². The number of carbonyl (C=O) groups is 2. The minimum Gasteiger partial charge on any atom is -0.353 e. The van der Waals surface area contributed by atoms with Crippen LogP contribution < -0.4 is 5.32 Å². The van der Waals surface area contributed by atoms with Gasteiger partial charge in [0.2, 0.25) is 5.91 Å². The number of hydrogen-bond donors (Lipinski definition) is 1. The van der Waals surface area contributed by atoms with E-state index in [1.54, 1.807) is 0 Å². The summed E-state index contributed by atoms with van der Waals surface area (Å²) >= 11 is 0. The molecule has 4 rings (SSSR count). The summed E-state index contributed by atoms with van der Waals surface area (Å²) in [5.74, 6) is 1.49. The third-order valence-corrected chi connectivity index (χ3v) is 7.34.